The molecule has 2 aromatic heterocycles. The van der Waals surface area contributed by atoms with Gasteiger partial charge in [0, 0.05) is 41.0 Å². The number of anilines is 1. The number of H-pyrrole nitrogens is 1. The van der Waals surface area contributed by atoms with Crippen molar-refractivity contribution in [2.75, 3.05) is 45.7 Å². The van der Waals surface area contributed by atoms with Crippen LogP contribution in [0.1, 0.15) is 42.3 Å². The first-order valence-electron chi connectivity index (χ1n) is 13.2. The smallest absolute Gasteiger partial charge is 0.449 e. The summed E-state index contributed by atoms with van der Waals surface area (Å²) >= 11 is 1.50. The molecule has 0 saturated carbocycles. The average molecular weight is 544 g/mol. The molecule has 4 rings (SSSR count). The molecule has 10 nitrogen and oxygen atoms in total. The van der Waals surface area contributed by atoms with E-state index in [0.29, 0.717) is 23.3 Å². The Balaban J connectivity index is 1.17. The monoisotopic (exact) mass is 543 g/mol. The van der Waals surface area contributed by atoms with E-state index >= 15 is 0 Å². The van der Waals surface area contributed by atoms with Gasteiger partial charge in [0.2, 0.25) is 0 Å². The number of aromatic nitrogens is 2. The number of carbonyl (C=O) groups is 2. The molecule has 1 aliphatic carbocycles. The summed E-state index contributed by atoms with van der Waals surface area (Å²) in [7, 11) is 4.04. The van der Waals surface area contributed by atoms with Crippen molar-refractivity contribution in [3.8, 4) is 5.75 Å². The maximum atomic E-state index is 12.3. The van der Waals surface area contributed by atoms with E-state index in [1.807, 2.05) is 32.4 Å². The summed E-state index contributed by atoms with van der Waals surface area (Å²) in [6, 6.07) is 5.99. The zero-order chi connectivity index (χ0) is 26.9. The lowest BCUT2D eigenvalue weighted by Gasteiger charge is -2.21. The number of benzene rings is 1. The van der Waals surface area contributed by atoms with Gasteiger partial charge in [-0.1, -0.05) is 13.0 Å². The van der Waals surface area contributed by atoms with Gasteiger partial charge in [0.15, 0.2) is 5.13 Å². The normalized spacial score (nSPS) is 14.9. The summed E-state index contributed by atoms with van der Waals surface area (Å²) in [6.07, 6.45) is 5.77. The summed E-state index contributed by atoms with van der Waals surface area (Å²) in [4.78, 5) is 35.5. The average Bonchev–Trinajstić information content (AvgIpc) is 3.49. The lowest BCUT2D eigenvalue weighted by Crippen LogP contribution is -2.34. The van der Waals surface area contributed by atoms with Crippen molar-refractivity contribution in [3.63, 3.8) is 0 Å². The fourth-order valence-corrected chi connectivity index (χ4v) is 5.49. The number of hydrogen-bond acceptors (Lipinski definition) is 9. The predicted octanol–water partition coefficient (Wildman–Crippen LogP) is 4.74. The highest BCUT2D eigenvalue weighted by Crippen LogP contribution is 2.31. The molecule has 0 fully saturated rings. The number of amides is 1. The molecule has 0 bridgehead atoms. The number of aryl methyl sites for hydroxylation is 1. The number of thiazole rings is 1. The standard InChI is InChI=1S/C27H37N5O5S/c1-4-12-28-19-9-10-20-23(16-19)38-25(30-20)31-26(33)35-14-6-15-36-27(34)37-22-8-5-7-21-24(22)18(17-29-21)11-13-32(2)3/h5,7-8,17,19,28-29H,4,6,9-16H2,1-3H3,(H,30,31,33)/t19-/m0/s1. The van der Waals surface area contributed by atoms with Crippen molar-refractivity contribution >= 4 is 39.6 Å². The van der Waals surface area contributed by atoms with Crippen LogP contribution in [0, 0.1) is 0 Å². The molecule has 3 N–H and O–H groups in total. The number of ether oxygens (including phenoxy) is 3. The van der Waals surface area contributed by atoms with E-state index in [2.05, 4.69) is 32.4 Å². The first kappa shape index (κ1) is 27.9. The Hall–Kier alpha value is -3.15. The largest absolute Gasteiger partial charge is 0.513 e. The second-order valence-corrected chi connectivity index (χ2v) is 10.7. The zero-order valence-corrected chi connectivity index (χ0v) is 23.1. The van der Waals surface area contributed by atoms with Crippen LogP contribution in [-0.2, 0) is 28.7 Å². The van der Waals surface area contributed by atoms with Gasteiger partial charge in [0.1, 0.15) is 5.75 Å². The van der Waals surface area contributed by atoms with Gasteiger partial charge in [-0.05, 0) is 70.4 Å². The molecule has 0 unspecified atom stereocenters. The van der Waals surface area contributed by atoms with Crippen LogP contribution in [0.15, 0.2) is 24.4 Å². The van der Waals surface area contributed by atoms with Crippen molar-refractivity contribution in [1.82, 2.24) is 20.2 Å². The Labute approximate surface area is 227 Å². The second kappa shape index (κ2) is 13.6. The van der Waals surface area contributed by atoms with E-state index in [-0.39, 0.29) is 13.2 Å². The third-order valence-electron chi connectivity index (χ3n) is 6.34. The van der Waals surface area contributed by atoms with E-state index in [4.69, 9.17) is 14.2 Å². The molecule has 3 aromatic rings. The third kappa shape index (κ3) is 7.68. The van der Waals surface area contributed by atoms with E-state index in [9.17, 15) is 9.59 Å². The fourth-order valence-electron chi connectivity index (χ4n) is 4.42. The number of carbonyl (C=O) groups excluding carboxylic acids is 2. The number of hydrogen-bond donors (Lipinski definition) is 3. The SMILES string of the molecule is CCCN[C@H]1CCc2nc(NC(=O)OCCCOC(=O)Oc3cccc4[nH]cc(CCN(C)C)c34)sc2C1. The Morgan fingerprint density at radius 1 is 1.24 bits per heavy atom. The Bertz CT molecular complexity index is 1220. The van der Waals surface area contributed by atoms with Crippen LogP contribution in [0.25, 0.3) is 10.9 Å². The lowest BCUT2D eigenvalue weighted by atomic mass is 9.98. The van der Waals surface area contributed by atoms with Crippen LogP contribution in [0.4, 0.5) is 14.7 Å². The number of rotatable bonds is 12. The van der Waals surface area contributed by atoms with Gasteiger partial charge >= 0.3 is 12.2 Å². The van der Waals surface area contributed by atoms with Crippen LogP contribution >= 0.6 is 11.3 Å². The number of nitrogens with one attached hydrogen (secondary N) is 3. The third-order valence-corrected chi connectivity index (χ3v) is 7.38. The number of likely N-dealkylation sites (N-methyl/N-ethyl adjacent to an activating group) is 1. The molecule has 0 spiro atoms. The zero-order valence-electron chi connectivity index (χ0n) is 22.3. The molecule has 206 valence electrons. The molecular formula is C27H37N5O5S. The van der Waals surface area contributed by atoms with Gasteiger partial charge in [-0.15, -0.1) is 11.3 Å². The van der Waals surface area contributed by atoms with Crippen molar-refractivity contribution in [1.29, 1.82) is 0 Å². The van der Waals surface area contributed by atoms with Crippen molar-refractivity contribution in [2.24, 2.45) is 0 Å². The van der Waals surface area contributed by atoms with Crippen molar-refractivity contribution in [3.05, 3.63) is 40.5 Å². The van der Waals surface area contributed by atoms with E-state index < -0.39 is 12.2 Å². The van der Waals surface area contributed by atoms with Gasteiger partial charge in [-0.3, -0.25) is 5.32 Å². The number of nitrogens with zero attached hydrogens (tertiary/aromatic N) is 2. The minimum absolute atomic E-state index is 0.0699. The molecule has 0 radical (unpaired) electrons. The van der Waals surface area contributed by atoms with E-state index in [1.165, 1.54) is 16.2 Å². The summed E-state index contributed by atoms with van der Waals surface area (Å²) in [6.45, 7) is 4.23. The molecule has 1 amide bonds. The predicted molar refractivity (Wildman–Crippen MR) is 148 cm³/mol. The Morgan fingerprint density at radius 3 is 2.89 bits per heavy atom. The molecule has 1 aliphatic rings. The quantitative estimate of drug-likeness (QED) is 0.170. The fraction of sp³-hybridized carbons (Fsp3) is 0.519. The van der Waals surface area contributed by atoms with Gasteiger partial charge < -0.3 is 29.4 Å². The number of fused-ring (bicyclic) bond motifs is 2. The maximum absolute atomic E-state index is 12.3. The molecular weight excluding hydrogens is 506 g/mol. The summed E-state index contributed by atoms with van der Waals surface area (Å²) in [5, 5.41) is 7.71. The van der Waals surface area contributed by atoms with E-state index in [0.717, 1.165) is 67.4 Å². The van der Waals surface area contributed by atoms with E-state index in [1.54, 1.807) is 6.07 Å². The molecule has 11 heteroatoms. The maximum Gasteiger partial charge on any atom is 0.513 e. The van der Waals surface area contributed by atoms with Crippen molar-refractivity contribution in [2.45, 2.75) is 51.5 Å². The Morgan fingerprint density at radius 2 is 2.08 bits per heavy atom. The summed E-state index contributed by atoms with van der Waals surface area (Å²) in [5.74, 6) is 0.455. The minimum Gasteiger partial charge on any atom is -0.449 e. The van der Waals surface area contributed by atoms with Crippen LogP contribution in [-0.4, -0.2) is 73.6 Å². The topological polar surface area (TPSA) is 118 Å². The molecule has 38 heavy (non-hydrogen) atoms. The number of aromatic amines is 1. The summed E-state index contributed by atoms with van der Waals surface area (Å²) in [5.41, 5.74) is 3.04. The van der Waals surface area contributed by atoms with Gasteiger partial charge in [-0.25, -0.2) is 14.6 Å². The highest BCUT2D eigenvalue weighted by atomic mass is 32.1. The molecule has 0 aliphatic heterocycles. The highest BCUT2D eigenvalue weighted by Gasteiger charge is 2.23. The van der Waals surface area contributed by atoms with Crippen LogP contribution in [0.3, 0.4) is 0 Å². The van der Waals surface area contributed by atoms with Gasteiger partial charge in [-0.2, -0.15) is 0 Å². The van der Waals surface area contributed by atoms with Crippen molar-refractivity contribution < 1.29 is 23.8 Å². The summed E-state index contributed by atoms with van der Waals surface area (Å²) < 4.78 is 15.9. The molecule has 1 aromatic carbocycles. The lowest BCUT2D eigenvalue weighted by molar-refractivity contribution is 0.0899. The second-order valence-electron chi connectivity index (χ2n) is 9.64. The van der Waals surface area contributed by atoms with Crippen LogP contribution in [0.5, 0.6) is 5.75 Å². The minimum atomic E-state index is -0.790. The molecule has 1 atom stereocenters. The Kier molecular flexibility index (Phi) is 9.97. The molecule has 0 saturated heterocycles. The van der Waals surface area contributed by atoms with Crippen LogP contribution in [0.2, 0.25) is 0 Å². The van der Waals surface area contributed by atoms with Gasteiger partial charge in [0.25, 0.3) is 0 Å². The first-order chi connectivity index (χ1) is 18.4. The molecule has 2 heterocycles. The van der Waals surface area contributed by atoms with Crippen LogP contribution < -0.4 is 15.4 Å². The highest BCUT2D eigenvalue weighted by molar-refractivity contribution is 7.15. The first-order valence-corrected chi connectivity index (χ1v) is 14.0. The van der Waals surface area contributed by atoms with Gasteiger partial charge in [0.05, 0.1) is 18.9 Å².